The highest BCUT2D eigenvalue weighted by atomic mass is 16.6. The molecule has 120 valence electrons. The highest BCUT2D eigenvalue weighted by Gasteiger charge is 2.30. The second-order valence-electron chi connectivity index (χ2n) is 5.88. The van der Waals surface area contributed by atoms with Gasteiger partial charge >= 0.3 is 0 Å². The van der Waals surface area contributed by atoms with Crippen LogP contribution in [0.15, 0.2) is 30.5 Å². The maximum absolute atomic E-state index is 13.0. The molecule has 0 saturated carbocycles. The van der Waals surface area contributed by atoms with Gasteiger partial charge in [0.05, 0.1) is 11.7 Å². The predicted molar refractivity (Wildman–Crippen MR) is 83.6 cm³/mol. The van der Waals surface area contributed by atoms with Crippen LogP contribution in [-0.2, 0) is 0 Å². The van der Waals surface area contributed by atoms with Crippen LogP contribution >= 0.6 is 0 Å². The van der Waals surface area contributed by atoms with Crippen molar-refractivity contribution in [3.63, 3.8) is 0 Å². The molecule has 0 radical (unpaired) electrons. The number of aromatic nitrogens is 2. The number of fused-ring (bicyclic) bond motifs is 1. The lowest BCUT2D eigenvalue weighted by Crippen LogP contribution is -2.38. The summed E-state index contributed by atoms with van der Waals surface area (Å²) in [7, 11) is 0. The molecule has 4 rings (SSSR count). The average molecular weight is 313 g/mol. The van der Waals surface area contributed by atoms with Crippen molar-refractivity contribution in [2.75, 3.05) is 19.8 Å². The first kappa shape index (κ1) is 14.1. The lowest BCUT2D eigenvalue weighted by atomic mass is 9.98. The van der Waals surface area contributed by atoms with Gasteiger partial charge in [0.1, 0.15) is 13.2 Å². The zero-order valence-electron chi connectivity index (χ0n) is 12.8. The fourth-order valence-electron chi connectivity index (χ4n) is 3.29. The van der Waals surface area contributed by atoms with Gasteiger partial charge in [-0.05, 0) is 43.5 Å². The number of likely N-dealkylation sites (tertiary alicyclic amines) is 1. The quantitative estimate of drug-likeness (QED) is 0.925. The third kappa shape index (κ3) is 2.65. The first-order valence-corrected chi connectivity index (χ1v) is 8.03. The minimum absolute atomic E-state index is 0.0290. The predicted octanol–water partition coefficient (Wildman–Crippen LogP) is 2.55. The molecule has 2 aromatic rings. The van der Waals surface area contributed by atoms with Crippen LogP contribution in [0.25, 0.3) is 0 Å². The number of hydrogen-bond donors (Lipinski definition) is 1. The molecule has 0 spiro atoms. The maximum atomic E-state index is 13.0. The smallest absolute Gasteiger partial charge is 0.254 e. The van der Waals surface area contributed by atoms with E-state index < -0.39 is 0 Å². The highest BCUT2D eigenvalue weighted by molar-refractivity contribution is 5.95. The van der Waals surface area contributed by atoms with Crippen molar-refractivity contribution in [2.45, 2.75) is 25.3 Å². The zero-order chi connectivity index (χ0) is 15.6. The Hall–Kier alpha value is -2.50. The van der Waals surface area contributed by atoms with Crippen LogP contribution in [0.2, 0.25) is 0 Å². The lowest BCUT2D eigenvalue weighted by molar-refractivity contribution is 0.0605. The molecule has 2 aliphatic rings. The first-order valence-electron chi connectivity index (χ1n) is 8.03. The molecule has 0 aliphatic carbocycles. The number of carbonyl (C=O) groups is 1. The number of nitrogens with one attached hydrogen (secondary N) is 1. The molecule has 2 aliphatic heterocycles. The van der Waals surface area contributed by atoms with Crippen molar-refractivity contribution >= 4 is 5.91 Å². The van der Waals surface area contributed by atoms with E-state index in [-0.39, 0.29) is 11.9 Å². The van der Waals surface area contributed by atoms with E-state index in [0.717, 1.165) is 31.5 Å². The van der Waals surface area contributed by atoms with E-state index in [4.69, 9.17) is 9.47 Å². The van der Waals surface area contributed by atoms with Crippen LogP contribution in [-0.4, -0.2) is 40.8 Å². The van der Waals surface area contributed by atoms with E-state index >= 15 is 0 Å². The van der Waals surface area contributed by atoms with Gasteiger partial charge in [0.25, 0.3) is 5.91 Å². The zero-order valence-corrected chi connectivity index (χ0v) is 12.8. The number of ether oxygens (including phenoxy) is 2. The van der Waals surface area contributed by atoms with Gasteiger partial charge in [0, 0.05) is 18.3 Å². The number of carbonyl (C=O) groups excluding carboxylic acids is 1. The van der Waals surface area contributed by atoms with Crippen molar-refractivity contribution in [3.05, 3.63) is 41.7 Å². The molecular formula is C17H19N3O3. The molecule has 6 nitrogen and oxygen atoms in total. The van der Waals surface area contributed by atoms with E-state index in [1.807, 2.05) is 23.1 Å². The van der Waals surface area contributed by atoms with E-state index in [2.05, 4.69) is 10.2 Å². The Morgan fingerprint density at radius 1 is 1.17 bits per heavy atom. The van der Waals surface area contributed by atoms with Crippen molar-refractivity contribution in [3.8, 4) is 11.5 Å². The van der Waals surface area contributed by atoms with Gasteiger partial charge in [-0.3, -0.25) is 9.89 Å². The van der Waals surface area contributed by atoms with Crippen molar-refractivity contribution in [1.29, 1.82) is 0 Å². The number of nitrogens with zero attached hydrogens (tertiary/aromatic N) is 2. The van der Waals surface area contributed by atoms with Gasteiger partial charge in [0.15, 0.2) is 11.5 Å². The van der Waals surface area contributed by atoms with Gasteiger partial charge in [0.2, 0.25) is 0 Å². The minimum atomic E-state index is 0.0290. The molecular weight excluding hydrogens is 294 g/mol. The summed E-state index contributed by atoms with van der Waals surface area (Å²) in [6.45, 7) is 1.83. The summed E-state index contributed by atoms with van der Waals surface area (Å²) in [4.78, 5) is 14.9. The van der Waals surface area contributed by atoms with E-state index in [9.17, 15) is 4.79 Å². The van der Waals surface area contributed by atoms with Crippen LogP contribution in [0, 0.1) is 0 Å². The van der Waals surface area contributed by atoms with E-state index in [1.54, 1.807) is 12.3 Å². The van der Waals surface area contributed by atoms with E-state index in [1.165, 1.54) is 0 Å². The van der Waals surface area contributed by atoms with Crippen LogP contribution in [0.5, 0.6) is 11.5 Å². The van der Waals surface area contributed by atoms with Crippen LogP contribution in [0.4, 0.5) is 0 Å². The van der Waals surface area contributed by atoms with Crippen LogP contribution in [0.3, 0.4) is 0 Å². The maximum Gasteiger partial charge on any atom is 0.254 e. The number of hydrogen-bond acceptors (Lipinski definition) is 4. The third-order valence-corrected chi connectivity index (χ3v) is 4.43. The Morgan fingerprint density at radius 3 is 2.87 bits per heavy atom. The fraction of sp³-hybridized carbons (Fsp3) is 0.412. The fourth-order valence-corrected chi connectivity index (χ4v) is 3.29. The summed E-state index contributed by atoms with van der Waals surface area (Å²) in [6.07, 6.45) is 4.84. The lowest BCUT2D eigenvalue weighted by Gasteiger charge is -2.35. The van der Waals surface area contributed by atoms with Crippen molar-refractivity contribution in [1.82, 2.24) is 15.1 Å². The minimum Gasteiger partial charge on any atom is -0.486 e. The highest BCUT2D eigenvalue weighted by Crippen LogP contribution is 2.34. The molecule has 6 heteroatoms. The topological polar surface area (TPSA) is 67.5 Å². The number of H-pyrrole nitrogens is 1. The number of piperidine rings is 1. The summed E-state index contributed by atoms with van der Waals surface area (Å²) >= 11 is 0. The number of amides is 1. The average Bonchev–Trinajstić information content (AvgIpc) is 3.15. The first-order chi connectivity index (χ1) is 11.3. The molecule has 0 unspecified atom stereocenters. The molecule has 1 amide bonds. The Morgan fingerprint density at radius 2 is 2.04 bits per heavy atom. The number of aromatic amines is 1. The molecule has 1 N–H and O–H groups in total. The molecule has 1 aromatic carbocycles. The van der Waals surface area contributed by atoms with Crippen LogP contribution < -0.4 is 9.47 Å². The largest absolute Gasteiger partial charge is 0.486 e. The Kier molecular flexibility index (Phi) is 3.65. The molecule has 23 heavy (non-hydrogen) atoms. The molecule has 1 atom stereocenters. The Labute approximate surface area is 134 Å². The molecule has 1 aromatic heterocycles. The van der Waals surface area contributed by atoms with E-state index in [0.29, 0.717) is 30.3 Å². The second kappa shape index (κ2) is 5.95. The number of rotatable bonds is 2. The summed E-state index contributed by atoms with van der Waals surface area (Å²) in [5.41, 5.74) is 1.64. The summed E-state index contributed by atoms with van der Waals surface area (Å²) in [6, 6.07) is 7.42. The Bertz CT molecular complexity index is 699. The van der Waals surface area contributed by atoms with Gasteiger partial charge in [-0.25, -0.2) is 0 Å². The summed E-state index contributed by atoms with van der Waals surface area (Å²) < 4.78 is 11.1. The second-order valence-corrected chi connectivity index (χ2v) is 5.88. The molecule has 1 fully saturated rings. The number of benzene rings is 1. The molecule has 3 heterocycles. The monoisotopic (exact) mass is 313 g/mol. The normalized spacial score (nSPS) is 20.3. The molecule has 1 saturated heterocycles. The molecule has 0 bridgehead atoms. The standard InChI is InChI=1S/C17H19N3O3/c21-17(12-4-5-15-16(11-12)23-10-9-22-15)20-8-2-1-3-14(20)13-6-7-18-19-13/h4-7,11,14H,1-3,8-10H2,(H,18,19)/t14-/m0/s1. The van der Waals surface area contributed by atoms with Crippen molar-refractivity contribution < 1.29 is 14.3 Å². The van der Waals surface area contributed by atoms with Gasteiger partial charge in [-0.1, -0.05) is 0 Å². The third-order valence-electron chi connectivity index (χ3n) is 4.43. The van der Waals surface area contributed by atoms with Crippen LogP contribution in [0.1, 0.15) is 41.4 Å². The Balaban J connectivity index is 1.62. The van der Waals surface area contributed by atoms with Gasteiger partial charge in [-0.2, -0.15) is 5.10 Å². The SMILES string of the molecule is O=C(c1ccc2c(c1)OCCO2)N1CCCC[C@H]1c1ccn[nH]1. The summed E-state index contributed by atoms with van der Waals surface area (Å²) in [5, 5.41) is 7.03. The van der Waals surface area contributed by atoms with Gasteiger partial charge in [-0.15, -0.1) is 0 Å². The van der Waals surface area contributed by atoms with Crippen molar-refractivity contribution in [2.24, 2.45) is 0 Å². The van der Waals surface area contributed by atoms with Gasteiger partial charge < -0.3 is 14.4 Å². The summed E-state index contributed by atoms with van der Waals surface area (Å²) in [5.74, 6) is 1.38.